The first kappa shape index (κ1) is 14.2. The van der Waals surface area contributed by atoms with Crippen LogP contribution in [0, 0.1) is 11.8 Å². The van der Waals surface area contributed by atoms with E-state index in [1.165, 1.54) is 0 Å². The number of ether oxygens (including phenoxy) is 1. The number of aliphatic carboxylic acids is 1. The van der Waals surface area contributed by atoms with Gasteiger partial charge in [-0.25, -0.2) is 9.69 Å². The maximum absolute atomic E-state index is 12.1. The molecule has 6 nitrogen and oxygen atoms in total. The third-order valence-corrected chi connectivity index (χ3v) is 2.96. The summed E-state index contributed by atoms with van der Waals surface area (Å²) in [5.41, 5.74) is 0. The van der Waals surface area contributed by atoms with Gasteiger partial charge >= 0.3 is 12.1 Å². The lowest BCUT2D eigenvalue weighted by atomic mass is 9.87. The number of carboxylic acids is 1. The molecule has 0 saturated carbocycles. The van der Waals surface area contributed by atoms with E-state index < -0.39 is 23.9 Å². The van der Waals surface area contributed by atoms with Gasteiger partial charge < -0.3 is 9.84 Å². The zero-order valence-electron chi connectivity index (χ0n) is 10.3. The van der Waals surface area contributed by atoms with Crippen molar-refractivity contribution in [1.29, 1.82) is 0 Å². The second kappa shape index (κ2) is 6.18. The van der Waals surface area contributed by atoms with E-state index in [1.807, 2.05) is 0 Å². The van der Waals surface area contributed by atoms with Gasteiger partial charge in [-0.05, 0) is 12.3 Å². The van der Waals surface area contributed by atoms with Gasteiger partial charge in [0.05, 0.1) is 18.9 Å². The number of cyclic esters (lactones) is 1. The molecule has 0 bridgehead atoms. The molecule has 2 atom stereocenters. The molecule has 0 spiro atoms. The second-order valence-electron chi connectivity index (χ2n) is 4.31. The Morgan fingerprint density at radius 1 is 1.61 bits per heavy atom. The van der Waals surface area contributed by atoms with Crippen LogP contribution in [0.5, 0.6) is 0 Å². The molecule has 1 rings (SSSR count). The fourth-order valence-corrected chi connectivity index (χ4v) is 1.94. The molecule has 1 saturated heterocycles. The second-order valence-corrected chi connectivity index (χ2v) is 4.31. The van der Waals surface area contributed by atoms with Gasteiger partial charge in [0.1, 0.15) is 6.61 Å². The predicted octanol–water partition coefficient (Wildman–Crippen LogP) is 1.27. The van der Waals surface area contributed by atoms with E-state index in [4.69, 9.17) is 5.11 Å². The summed E-state index contributed by atoms with van der Waals surface area (Å²) in [4.78, 5) is 35.2. The average Bonchev–Trinajstić information content (AvgIpc) is 2.71. The van der Waals surface area contributed by atoms with Crippen molar-refractivity contribution in [3.63, 3.8) is 0 Å². The minimum atomic E-state index is -1.06. The first-order valence-corrected chi connectivity index (χ1v) is 5.78. The van der Waals surface area contributed by atoms with Crippen molar-refractivity contribution in [2.75, 3.05) is 13.2 Å². The van der Waals surface area contributed by atoms with Gasteiger partial charge in [-0.3, -0.25) is 9.59 Å². The Kier molecular flexibility index (Phi) is 4.88. The Hall–Kier alpha value is -1.85. The summed E-state index contributed by atoms with van der Waals surface area (Å²) in [7, 11) is 0. The lowest BCUT2D eigenvalue weighted by Gasteiger charge is -2.23. The molecule has 1 aliphatic heterocycles. The molecule has 1 heterocycles. The van der Waals surface area contributed by atoms with Gasteiger partial charge in [-0.2, -0.15) is 0 Å². The highest BCUT2D eigenvalue weighted by molar-refractivity contribution is 5.95. The minimum absolute atomic E-state index is 0.167. The van der Waals surface area contributed by atoms with E-state index in [-0.39, 0.29) is 25.5 Å². The molecule has 0 radical (unpaired) electrons. The van der Waals surface area contributed by atoms with Crippen molar-refractivity contribution < 1.29 is 24.2 Å². The molecule has 2 amide bonds. The first-order valence-electron chi connectivity index (χ1n) is 5.78. The maximum atomic E-state index is 12.1. The number of rotatable bonds is 6. The molecule has 0 aromatic heterocycles. The number of hydrogen-bond donors (Lipinski definition) is 1. The van der Waals surface area contributed by atoms with Crippen LogP contribution in [0.15, 0.2) is 12.7 Å². The number of carbonyl (C=O) groups excluding carboxylic acids is 2. The van der Waals surface area contributed by atoms with Crippen LogP contribution in [0.4, 0.5) is 4.79 Å². The lowest BCUT2D eigenvalue weighted by molar-refractivity contribution is -0.144. The fraction of sp³-hybridized carbons (Fsp3) is 0.583. The van der Waals surface area contributed by atoms with Gasteiger partial charge in [0.25, 0.3) is 0 Å². The standard InChI is InChI=1S/C12H17NO5/c1-3-4-8(2)9(7-10(14)15)11(16)13-5-6-18-12(13)17/h3,8-9H,1,4-7H2,2H3,(H,14,15). The maximum Gasteiger partial charge on any atom is 0.416 e. The Bertz CT molecular complexity index is 365. The molecule has 6 heteroatoms. The van der Waals surface area contributed by atoms with Crippen LogP contribution >= 0.6 is 0 Å². The summed E-state index contributed by atoms with van der Waals surface area (Å²) in [6, 6.07) is 0. The summed E-state index contributed by atoms with van der Waals surface area (Å²) in [5.74, 6) is -2.45. The highest BCUT2D eigenvalue weighted by Gasteiger charge is 2.36. The third kappa shape index (κ3) is 3.32. The van der Waals surface area contributed by atoms with E-state index in [0.29, 0.717) is 6.42 Å². The summed E-state index contributed by atoms with van der Waals surface area (Å²) in [6.45, 7) is 5.70. The van der Waals surface area contributed by atoms with Crippen LogP contribution in [0.25, 0.3) is 0 Å². The Morgan fingerprint density at radius 3 is 2.72 bits per heavy atom. The summed E-state index contributed by atoms with van der Waals surface area (Å²) in [5, 5.41) is 8.85. The van der Waals surface area contributed by atoms with E-state index in [1.54, 1.807) is 13.0 Å². The zero-order chi connectivity index (χ0) is 13.7. The first-order chi connectivity index (χ1) is 8.47. The monoisotopic (exact) mass is 255 g/mol. The lowest BCUT2D eigenvalue weighted by Crippen LogP contribution is -2.40. The normalized spacial score (nSPS) is 18.1. The highest BCUT2D eigenvalue weighted by atomic mass is 16.6. The Balaban J connectivity index is 2.80. The molecule has 0 aliphatic carbocycles. The van der Waals surface area contributed by atoms with Gasteiger partial charge in [0.2, 0.25) is 5.91 Å². The van der Waals surface area contributed by atoms with Crippen LogP contribution in [0.1, 0.15) is 19.8 Å². The summed E-state index contributed by atoms with van der Waals surface area (Å²) in [6.07, 6.45) is 1.17. The number of allylic oxidation sites excluding steroid dienone is 1. The van der Waals surface area contributed by atoms with Crippen molar-refractivity contribution in [3.8, 4) is 0 Å². The molecular weight excluding hydrogens is 238 g/mol. The minimum Gasteiger partial charge on any atom is -0.481 e. The molecule has 100 valence electrons. The zero-order valence-corrected chi connectivity index (χ0v) is 10.3. The number of imide groups is 1. The van der Waals surface area contributed by atoms with Crippen molar-refractivity contribution in [1.82, 2.24) is 4.90 Å². The number of nitrogens with zero attached hydrogens (tertiary/aromatic N) is 1. The van der Waals surface area contributed by atoms with E-state index in [0.717, 1.165) is 4.90 Å². The van der Waals surface area contributed by atoms with E-state index in [9.17, 15) is 14.4 Å². The molecule has 1 aliphatic rings. The van der Waals surface area contributed by atoms with Gasteiger partial charge in [-0.15, -0.1) is 6.58 Å². The molecular formula is C12H17NO5. The van der Waals surface area contributed by atoms with Crippen molar-refractivity contribution in [2.45, 2.75) is 19.8 Å². The number of amides is 2. The van der Waals surface area contributed by atoms with Gasteiger partial charge in [-0.1, -0.05) is 13.0 Å². The van der Waals surface area contributed by atoms with Crippen LogP contribution in [0.3, 0.4) is 0 Å². The van der Waals surface area contributed by atoms with Gasteiger partial charge in [0, 0.05) is 0 Å². The number of hydrogen-bond acceptors (Lipinski definition) is 4. The topological polar surface area (TPSA) is 83.9 Å². The largest absolute Gasteiger partial charge is 0.481 e. The van der Waals surface area contributed by atoms with Crippen LogP contribution in [-0.4, -0.2) is 41.1 Å². The molecule has 1 fully saturated rings. The summed E-state index contributed by atoms with van der Waals surface area (Å²) < 4.78 is 4.68. The van der Waals surface area contributed by atoms with Crippen LogP contribution in [0.2, 0.25) is 0 Å². The predicted molar refractivity (Wildman–Crippen MR) is 62.8 cm³/mol. The Labute approximate surface area is 105 Å². The van der Waals surface area contributed by atoms with Crippen molar-refractivity contribution >= 4 is 18.0 Å². The quantitative estimate of drug-likeness (QED) is 0.722. The third-order valence-electron chi connectivity index (χ3n) is 2.96. The van der Waals surface area contributed by atoms with Crippen LogP contribution in [-0.2, 0) is 14.3 Å². The number of carboxylic acid groups (broad SMARTS) is 1. The fourth-order valence-electron chi connectivity index (χ4n) is 1.94. The SMILES string of the molecule is C=CCC(C)C(CC(=O)O)C(=O)N1CCOC1=O. The molecule has 2 unspecified atom stereocenters. The highest BCUT2D eigenvalue weighted by Crippen LogP contribution is 2.23. The van der Waals surface area contributed by atoms with Crippen molar-refractivity contribution in [2.24, 2.45) is 11.8 Å². The smallest absolute Gasteiger partial charge is 0.416 e. The molecule has 1 N–H and O–H groups in total. The van der Waals surface area contributed by atoms with Gasteiger partial charge in [0.15, 0.2) is 0 Å². The summed E-state index contributed by atoms with van der Waals surface area (Å²) >= 11 is 0. The molecule has 0 aromatic carbocycles. The Morgan fingerprint density at radius 2 is 2.28 bits per heavy atom. The van der Waals surface area contributed by atoms with E-state index in [2.05, 4.69) is 11.3 Å². The van der Waals surface area contributed by atoms with Crippen LogP contribution < -0.4 is 0 Å². The van der Waals surface area contributed by atoms with E-state index >= 15 is 0 Å². The van der Waals surface area contributed by atoms with Crippen molar-refractivity contribution in [3.05, 3.63) is 12.7 Å². The molecule has 18 heavy (non-hydrogen) atoms. The average molecular weight is 255 g/mol. The molecule has 0 aromatic rings. The number of carbonyl (C=O) groups is 3.